The first-order valence-electron chi connectivity index (χ1n) is 7.70. The van der Waals surface area contributed by atoms with Gasteiger partial charge in [0, 0.05) is 19.1 Å². The second-order valence-electron chi connectivity index (χ2n) is 5.85. The lowest BCUT2D eigenvalue weighted by atomic mass is 9.82. The summed E-state index contributed by atoms with van der Waals surface area (Å²) in [7, 11) is 0. The van der Waals surface area contributed by atoms with Crippen LogP contribution in [0.4, 0.5) is 0 Å². The number of rotatable bonds is 6. The summed E-state index contributed by atoms with van der Waals surface area (Å²) >= 11 is 0. The number of nitrogens with one attached hydrogen (secondary N) is 1. The average molecular weight is 308 g/mol. The quantitative estimate of drug-likeness (QED) is 0.794. The third-order valence-corrected chi connectivity index (χ3v) is 4.31. The number of hydrogen-bond donors (Lipinski definition) is 2. The number of amides is 1. The van der Waals surface area contributed by atoms with Gasteiger partial charge in [0.15, 0.2) is 5.69 Å². The van der Waals surface area contributed by atoms with E-state index in [1.807, 2.05) is 0 Å². The Bertz CT molecular complexity index is 561. The Morgan fingerprint density at radius 3 is 2.73 bits per heavy atom. The van der Waals surface area contributed by atoms with E-state index < -0.39 is 5.97 Å². The smallest absolute Gasteiger partial charge is 0.358 e. The Kier molecular flexibility index (Phi) is 4.37. The van der Waals surface area contributed by atoms with E-state index in [1.165, 1.54) is 4.68 Å². The number of carboxylic acids is 1. The van der Waals surface area contributed by atoms with E-state index >= 15 is 0 Å². The molecule has 1 saturated heterocycles. The molecule has 1 aliphatic heterocycles. The van der Waals surface area contributed by atoms with Crippen LogP contribution < -0.4 is 5.32 Å². The van der Waals surface area contributed by atoms with E-state index in [0.29, 0.717) is 12.2 Å². The summed E-state index contributed by atoms with van der Waals surface area (Å²) in [5.74, 6) is -1.14. The third-order valence-electron chi connectivity index (χ3n) is 4.31. The van der Waals surface area contributed by atoms with Gasteiger partial charge in [-0.2, -0.15) is 0 Å². The van der Waals surface area contributed by atoms with E-state index in [0.717, 1.165) is 38.7 Å². The molecular formula is C14H20N4O4. The van der Waals surface area contributed by atoms with Crippen molar-refractivity contribution in [2.75, 3.05) is 13.2 Å². The number of aromatic nitrogens is 3. The molecule has 3 rings (SSSR count). The number of carbonyl (C=O) groups is 2. The maximum atomic E-state index is 12.0. The predicted molar refractivity (Wildman–Crippen MR) is 75.6 cm³/mol. The molecule has 8 heteroatoms. The van der Waals surface area contributed by atoms with Crippen LogP contribution in [0.5, 0.6) is 0 Å². The molecule has 2 N–H and O–H groups in total. The summed E-state index contributed by atoms with van der Waals surface area (Å²) in [6, 6.07) is 0. The molecule has 0 aromatic carbocycles. The number of aromatic carboxylic acids is 1. The zero-order valence-corrected chi connectivity index (χ0v) is 12.3. The molecule has 0 radical (unpaired) electrons. The van der Waals surface area contributed by atoms with Gasteiger partial charge in [-0.25, -0.2) is 9.48 Å². The minimum Gasteiger partial charge on any atom is -0.476 e. The van der Waals surface area contributed by atoms with Crippen molar-refractivity contribution in [3.8, 4) is 0 Å². The highest BCUT2D eigenvalue weighted by Gasteiger charge is 2.31. The van der Waals surface area contributed by atoms with Gasteiger partial charge in [0.2, 0.25) is 5.91 Å². The zero-order chi connectivity index (χ0) is 15.5. The Labute approximate surface area is 127 Å². The summed E-state index contributed by atoms with van der Waals surface area (Å²) < 4.78 is 6.88. The van der Waals surface area contributed by atoms with Crippen LogP contribution in [0, 0.1) is 0 Å². The first kappa shape index (κ1) is 15.0. The molecule has 0 bridgehead atoms. The molecule has 1 aliphatic carbocycles. The summed E-state index contributed by atoms with van der Waals surface area (Å²) in [4.78, 5) is 23.3. The largest absolute Gasteiger partial charge is 0.476 e. The van der Waals surface area contributed by atoms with Gasteiger partial charge >= 0.3 is 5.97 Å². The number of hydrogen-bond acceptors (Lipinski definition) is 5. The Morgan fingerprint density at radius 2 is 2.14 bits per heavy atom. The Hall–Kier alpha value is -1.96. The SMILES string of the molecule is O=C(Cn1nnc(C(=O)O)c1C1CCC1)NCC1CCCO1. The van der Waals surface area contributed by atoms with Gasteiger partial charge in [0.1, 0.15) is 6.54 Å². The molecule has 1 aromatic rings. The van der Waals surface area contributed by atoms with Crippen molar-refractivity contribution in [1.29, 1.82) is 0 Å². The maximum Gasteiger partial charge on any atom is 0.358 e. The molecule has 8 nitrogen and oxygen atoms in total. The minimum atomic E-state index is -1.09. The fourth-order valence-electron chi connectivity index (χ4n) is 2.90. The highest BCUT2D eigenvalue weighted by molar-refractivity contribution is 5.87. The van der Waals surface area contributed by atoms with Crippen molar-refractivity contribution < 1.29 is 19.4 Å². The lowest BCUT2D eigenvalue weighted by Gasteiger charge is -2.26. The molecule has 22 heavy (non-hydrogen) atoms. The van der Waals surface area contributed by atoms with Crippen LogP contribution in [0.15, 0.2) is 0 Å². The van der Waals surface area contributed by atoms with Gasteiger partial charge in [-0.15, -0.1) is 5.10 Å². The normalized spacial score (nSPS) is 21.5. The number of nitrogens with zero attached hydrogens (tertiary/aromatic N) is 3. The molecule has 2 fully saturated rings. The van der Waals surface area contributed by atoms with Crippen LogP contribution in [0.25, 0.3) is 0 Å². The molecular weight excluding hydrogens is 288 g/mol. The van der Waals surface area contributed by atoms with Crippen molar-refractivity contribution >= 4 is 11.9 Å². The van der Waals surface area contributed by atoms with Crippen LogP contribution in [-0.4, -0.2) is 51.2 Å². The van der Waals surface area contributed by atoms with Gasteiger partial charge < -0.3 is 15.2 Å². The second-order valence-corrected chi connectivity index (χ2v) is 5.85. The molecule has 0 spiro atoms. The average Bonchev–Trinajstić information content (AvgIpc) is 3.05. The Morgan fingerprint density at radius 1 is 1.32 bits per heavy atom. The van der Waals surface area contributed by atoms with Crippen molar-refractivity contribution in [1.82, 2.24) is 20.3 Å². The van der Waals surface area contributed by atoms with Gasteiger partial charge in [-0.05, 0) is 25.7 Å². The van der Waals surface area contributed by atoms with Crippen molar-refractivity contribution in [3.05, 3.63) is 11.4 Å². The number of carboxylic acid groups (broad SMARTS) is 1. The standard InChI is InChI=1S/C14H20N4O4/c19-11(15-7-10-5-2-6-22-10)8-18-13(9-3-1-4-9)12(14(20)21)16-17-18/h9-10H,1-8H2,(H,15,19)(H,20,21). The molecule has 1 amide bonds. The lowest BCUT2D eigenvalue weighted by Crippen LogP contribution is -2.35. The fourth-order valence-corrected chi connectivity index (χ4v) is 2.90. The number of carbonyl (C=O) groups excluding carboxylic acids is 1. The summed E-state index contributed by atoms with van der Waals surface area (Å²) in [6.07, 6.45) is 4.98. The van der Waals surface area contributed by atoms with Crippen LogP contribution in [0.2, 0.25) is 0 Å². The van der Waals surface area contributed by atoms with Crippen LogP contribution in [-0.2, 0) is 16.1 Å². The first-order valence-corrected chi connectivity index (χ1v) is 7.70. The summed E-state index contributed by atoms with van der Waals surface area (Å²) in [5, 5.41) is 19.6. The number of ether oxygens (including phenoxy) is 1. The van der Waals surface area contributed by atoms with Gasteiger partial charge in [0.25, 0.3) is 0 Å². The molecule has 1 aromatic heterocycles. The third kappa shape index (κ3) is 3.11. The van der Waals surface area contributed by atoms with Gasteiger partial charge in [0.05, 0.1) is 11.8 Å². The second kappa shape index (κ2) is 6.43. The first-order chi connectivity index (χ1) is 10.6. The summed E-state index contributed by atoms with van der Waals surface area (Å²) in [6.45, 7) is 1.23. The molecule has 1 unspecified atom stereocenters. The lowest BCUT2D eigenvalue weighted by molar-refractivity contribution is -0.122. The van der Waals surface area contributed by atoms with E-state index in [2.05, 4.69) is 15.6 Å². The topological polar surface area (TPSA) is 106 Å². The van der Waals surface area contributed by atoms with Crippen molar-refractivity contribution in [2.24, 2.45) is 0 Å². The van der Waals surface area contributed by atoms with E-state index in [1.54, 1.807) is 0 Å². The van der Waals surface area contributed by atoms with E-state index in [4.69, 9.17) is 4.74 Å². The van der Waals surface area contributed by atoms with Crippen molar-refractivity contribution in [3.63, 3.8) is 0 Å². The maximum absolute atomic E-state index is 12.0. The van der Waals surface area contributed by atoms with Crippen molar-refractivity contribution in [2.45, 2.75) is 50.7 Å². The zero-order valence-electron chi connectivity index (χ0n) is 12.3. The van der Waals surface area contributed by atoms with Crippen LogP contribution in [0.1, 0.15) is 54.2 Å². The highest BCUT2D eigenvalue weighted by Crippen LogP contribution is 2.37. The predicted octanol–water partition coefficient (Wildman–Crippen LogP) is 0.539. The fraction of sp³-hybridized carbons (Fsp3) is 0.714. The monoisotopic (exact) mass is 308 g/mol. The molecule has 120 valence electrons. The van der Waals surface area contributed by atoms with Crippen LogP contribution in [0.3, 0.4) is 0 Å². The molecule has 2 aliphatic rings. The highest BCUT2D eigenvalue weighted by atomic mass is 16.5. The van der Waals surface area contributed by atoms with Gasteiger partial charge in [-0.1, -0.05) is 11.6 Å². The molecule has 1 atom stereocenters. The minimum absolute atomic E-state index is 0.00116. The molecule has 2 heterocycles. The van der Waals surface area contributed by atoms with Crippen LogP contribution >= 0.6 is 0 Å². The summed E-state index contributed by atoms with van der Waals surface area (Å²) in [5.41, 5.74) is 0.544. The van der Waals surface area contributed by atoms with E-state index in [-0.39, 0.29) is 30.2 Å². The van der Waals surface area contributed by atoms with E-state index in [9.17, 15) is 14.7 Å². The van der Waals surface area contributed by atoms with Gasteiger partial charge in [-0.3, -0.25) is 4.79 Å². The molecule has 1 saturated carbocycles. The Balaban J connectivity index is 1.63.